The average Bonchev–Trinajstić information content (AvgIpc) is 3.17. The number of hydrogen-bond acceptors (Lipinski definition) is 7. The van der Waals surface area contributed by atoms with Crippen LogP contribution in [0.4, 0.5) is 5.69 Å². The number of hydrogen-bond donors (Lipinski definition) is 5. The molecule has 2 atom stereocenters. The molecule has 2 aromatic carbocycles. The van der Waals surface area contributed by atoms with Crippen LogP contribution in [0.3, 0.4) is 0 Å². The molecule has 1 aliphatic rings. The number of carbonyl (C=O) groups is 3. The zero-order valence-electron chi connectivity index (χ0n) is 23.2. The summed E-state index contributed by atoms with van der Waals surface area (Å²) in [5, 5.41) is 23.1. The first-order valence-corrected chi connectivity index (χ1v) is 13.5. The molecule has 2 heterocycles. The first-order valence-electron chi connectivity index (χ1n) is 13.5. The largest absolute Gasteiger partial charge is 0.507 e. The second kappa shape index (κ2) is 12.7. The highest BCUT2D eigenvalue weighted by Crippen LogP contribution is 2.26. The summed E-state index contributed by atoms with van der Waals surface area (Å²) in [4.78, 5) is 43.0. The maximum absolute atomic E-state index is 13.2. The molecule has 9 heteroatoms. The summed E-state index contributed by atoms with van der Waals surface area (Å²) in [6, 6.07) is 14.0. The molecule has 1 aromatic heterocycles. The number of carbonyl (C=O) groups excluding carboxylic acids is 3. The van der Waals surface area contributed by atoms with Gasteiger partial charge in [-0.2, -0.15) is 0 Å². The van der Waals surface area contributed by atoms with Crippen molar-refractivity contribution in [3.05, 3.63) is 89.2 Å². The Hall–Kier alpha value is -4.24. The van der Waals surface area contributed by atoms with Gasteiger partial charge in [0.2, 0.25) is 0 Å². The monoisotopic (exact) mass is 543 g/mol. The Morgan fingerprint density at radius 1 is 0.900 bits per heavy atom. The van der Waals surface area contributed by atoms with Crippen molar-refractivity contribution in [2.45, 2.75) is 45.7 Å². The van der Waals surface area contributed by atoms with Crippen LogP contribution in [0, 0.1) is 5.41 Å². The van der Waals surface area contributed by atoms with E-state index in [0.717, 1.165) is 18.7 Å². The van der Waals surface area contributed by atoms with Crippen molar-refractivity contribution in [3.63, 3.8) is 0 Å². The van der Waals surface area contributed by atoms with Gasteiger partial charge in [0.1, 0.15) is 5.75 Å². The smallest absolute Gasteiger partial charge is 0.251 e. The second-order valence-corrected chi connectivity index (χ2v) is 11.3. The van der Waals surface area contributed by atoms with E-state index in [-0.39, 0.29) is 46.4 Å². The number of ketones is 1. The highest BCUT2D eigenvalue weighted by Gasteiger charge is 2.27. The summed E-state index contributed by atoms with van der Waals surface area (Å²) in [6.07, 6.45) is 4.69. The van der Waals surface area contributed by atoms with Crippen LogP contribution in [0.25, 0.3) is 0 Å². The Morgan fingerprint density at radius 3 is 2.20 bits per heavy atom. The third kappa shape index (κ3) is 7.66. The van der Waals surface area contributed by atoms with Crippen molar-refractivity contribution >= 4 is 23.3 Å². The minimum atomic E-state index is -0.336. The highest BCUT2D eigenvalue weighted by atomic mass is 16.3. The van der Waals surface area contributed by atoms with Crippen LogP contribution in [0.1, 0.15) is 70.3 Å². The number of aromatic hydroxyl groups is 1. The summed E-state index contributed by atoms with van der Waals surface area (Å²) in [5.74, 6) is -0.947. The number of nitrogens with one attached hydrogen (secondary N) is 4. The van der Waals surface area contributed by atoms with Gasteiger partial charge < -0.3 is 26.4 Å². The molecule has 1 aliphatic heterocycles. The quantitative estimate of drug-likeness (QED) is 0.216. The van der Waals surface area contributed by atoms with E-state index < -0.39 is 0 Å². The molecule has 2 amide bonds. The van der Waals surface area contributed by atoms with Gasteiger partial charge in [0.25, 0.3) is 11.8 Å². The van der Waals surface area contributed by atoms with Crippen molar-refractivity contribution in [3.8, 4) is 5.75 Å². The molecule has 210 valence electrons. The van der Waals surface area contributed by atoms with Crippen LogP contribution in [0.15, 0.2) is 67.0 Å². The lowest BCUT2D eigenvalue weighted by Gasteiger charge is -2.27. The normalized spacial score (nSPS) is 17.4. The Labute approximate surface area is 234 Å². The maximum Gasteiger partial charge on any atom is 0.251 e. The number of rotatable bonds is 8. The Kier molecular flexibility index (Phi) is 9.16. The number of benzene rings is 2. The Morgan fingerprint density at radius 2 is 1.52 bits per heavy atom. The zero-order chi connectivity index (χ0) is 28.7. The minimum Gasteiger partial charge on any atom is -0.507 e. The van der Waals surface area contributed by atoms with Crippen molar-refractivity contribution in [1.82, 2.24) is 20.9 Å². The number of phenolic OH excluding ortho intramolecular Hbond substituents is 1. The van der Waals surface area contributed by atoms with E-state index in [4.69, 9.17) is 0 Å². The van der Waals surface area contributed by atoms with Crippen molar-refractivity contribution in [2.75, 3.05) is 25.0 Å². The molecule has 40 heavy (non-hydrogen) atoms. The van der Waals surface area contributed by atoms with Crippen LogP contribution < -0.4 is 21.3 Å². The number of amides is 2. The van der Waals surface area contributed by atoms with Crippen LogP contribution in [-0.2, 0) is 0 Å². The molecular weight excluding hydrogens is 506 g/mol. The van der Waals surface area contributed by atoms with Crippen LogP contribution >= 0.6 is 0 Å². The van der Waals surface area contributed by atoms with Crippen LogP contribution in [0.5, 0.6) is 5.75 Å². The van der Waals surface area contributed by atoms with E-state index in [9.17, 15) is 19.5 Å². The molecule has 0 unspecified atom stereocenters. The first kappa shape index (κ1) is 28.8. The molecule has 1 saturated heterocycles. The third-order valence-electron chi connectivity index (χ3n) is 6.77. The van der Waals surface area contributed by atoms with Gasteiger partial charge in [-0.1, -0.05) is 32.9 Å². The fourth-order valence-corrected chi connectivity index (χ4v) is 4.50. The van der Waals surface area contributed by atoms with Gasteiger partial charge >= 0.3 is 0 Å². The van der Waals surface area contributed by atoms with Crippen molar-refractivity contribution in [1.29, 1.82) is 0 Å². The highest BCUT2D eigenvalue weighted by molar-refractivity contribution is 6.11. The predicted octanol–water partition coefficient (Wildman–Crippen LogP) is 3.76. The van der Waals surface area contributed by atoms with E-state index in [0.29, 0.717) is 36.2 Å². The van der Waals surface area contributed by atoms with E-state index >= 15 is 0 Å². The van der Waals surface area contributed by atoms with E-state index in [1.165, 1.54) is 6.07 Å². The van der Waals surface area contributed by atoms with Gasteiger partial charge in [-0.05, 0) is 67.3 Å². The number of phenols is 1. The number of anilines is 1. The van der Waals surface area contributed by atoms with Gasteiger partial charge in [0, 0.05) is 47.9 Å². The molecule has 0 bridgehead atoms. The van der Waals surface area contributed by atoms with E-state index in [1.807, 2.05) is 0 Å². The molecule has 0 saturated carbocycles. The molecular formula is C31H37N5O4. The number of pyridine rings is 1. The second-order valence-electron chi connectivity index (χ2n) is 11.3. The zero-order valence-corrected chi connectivity index (χ0v) is 23.2. The summed E-state index contributed by atoms with van der Waals surface area (Å²) < 4.78 is 0. The van der Waals surface area contributed by atoms with Gasteiger partial charge in [-0.25, -0.2) is 0 Å². The lowest BCUT2D eigenvalue weighted by atomic mass is 9.96. The standard InChI is InChI=1S/C31H37N5O4/c1-31(2,3)19-34-23-10-11-27(37)24(17-23)28(38)20-6-8-21(9-7-20)29(39)35-25-5-4-14-33-18-26(25)36-30(40)22-12-15-32-16-13-22/h6-13,15-17,25-26,33-34,37H,4-5,14,18-19H2,1-3H3,(H,35,39)(H,36,40)/t25-,26-/m1/s1. The molecule has 3 aromatic rings. The topological polar surface area (TPSA) is 132 Å². The minimum absolute atomic E-state index is 0.0525. The Balaban J connectivity index is 1.43. The molecule has 5 N–H and O–H groups in total. The molecule has 0 radical (unpaired) electrons. The van der Waals surface area contributed by atoms with Gasteiger partial charge in [-0.15, -0.1) is 0 Å². The fourth-order valence-electron chi connectivity index (χ4n) is 4.50. The molecule has 9 nitrogen and oxygen atoms in total. The summed E-state index contributed by atoms with van der Waals surface area (Å²) in [6.45, 7) is 8.36. The Bertz CT molecular complexity index is 1340. The lowest BCUT2D eigenvalue weighted by molar-refractivity contribution is 0.0882. The van der Waals surface area contributed by atoms with E-state index in [1.54, 1.807) is 60.9 Å². The van der Waals surface area contributed by atoms with E-state index in [2.05, 4.69) is 47.0 Å². The lowest BCUT2D eigenvalue weighted by Crippen LogP contribution is -2.54. The van der Waals surface area contributed by atoms with Crippen LogP contribution in [0.2, 0.25) is 0 Å². The van der Waals surface area contributed by atoms with Crippen molar-refractivity contribution < 1.29 is 19.5 Å². The predicted molar refractivity (Wildman–Crippen MR) is 155 cm³/mol. The number of aromatic nitrogens is 1. The van der Waals surface area contributed by atoms with Gasteiger partial charge in [0.15, 0.2) is 5.78 Å². The summed E-state index contributed by atoms with van der Waals surface area (Å²) in [5.41, 5.74) is 2.26. The van der Waals surface area contributed by atoms with Crippen molar-refractivity contribution in [2.24, 2.45) is 5.41 Å². The average molecular weight is 544 g/mol. The SMILES string of the molecule is CC(C)(C)CNc1ccc(O)c(C(=O)c2ccc(C(=O)N[C@@H]3CCCNC[C@H]3NC(=O)c3ccncc3)cc2)c1. The molecule has 4 rings (SSSR count). The molecule has 0 aliphatic carbocycles. The first-order chi connectivity index (χ1) is 19.1. The third-order valence-corrected chi connectivity index (χ3v) is 6.77. The van der Waals surface area contributed by atoms with Gasteiger partial charge in [-0.3, -0.25) is 19.4 Å². The van der Waals surface area contributed by atoms with Gasteiger partial charge in [0.05, 0.1) is 17.6 Å². The molecule has 0 spiro atoms. The fraction of sp³-hybridized carbons (Fsp3) is 0.355. The summed E-state index contributed by atoms with van der Waals surface area (Å²) in [7, 11) is 0. The molecule has 1 fully saturated rings. The maximum atomic E-state index is 13.2. The van der Waals surface area contributed by atoms with Crippen LogP contribution in [-0.4, -0.2) is 59.4 Å². The number of nitrogens with zero attached hydrogens (tertiary/aromatic N) is 1. The summed E-state index contributed by atoms with van der Waals surface area (Å²) >= 11 is 0.